The lowest BCUT2D eigenvalue weighted by molar-refractivity contribution is 0.308. The zero-order valence-corrected chi connectivity index (χ0v) is 13.1. The van der Waals surface area contributed by atoms with E-state index in [1.807, 2.05) is 38.1 Å². The highest BCUT2D eigenvalue weighted by Crippen LogP contribution is 2.33. The molecule has 21 heavy (non-hydrogen) atoms. The molecular formula is C14H18N4O2S. The molecule has 0 aliphatic heterocycles. The Balaban J connectivity index is 2.29. The number of ether oxygens (including phenoxy) is 2. The number of benzene rings is 1. The molecule has 0 amide bonds. The predicted molar refractivity (Wildman–Crippen MR) is 82.3 cm³/mol. The van der Waals surface area contributed by atoms with Crippen LogP contribution >= 0.6 is 11.8 Å². The summed E-state index contributed by atoms with van der Waals surface area (Å²) in [6.45, 7) is 5.11. The monoisotopic (exact) mass is 306 g/mol. The van der Waals surface area contributed by atoms with Crippen molar-refractivity contribution in [2.45, 2.75) is 23.9 Å². The van der Waals surface area contributed by atoms with Crippen molar-refractivity contribution in [1.82, 2.24) is 15.0 Å². The van der Waals surface area contributed by atoms with Crippen LogP contribution in [0.15, 0.2) is 34.3 Å². The topological polar surface area (TPSA) is 69.2 Å². The molecule has 0 spiro atoms. The van der Waals surface area contributed by atoms with Crippen LogP contribution in [-0.4, -0.2) is 35.2 Å². The Morgan fingerprint density at radius 1 is 1.14 bits per heavy atom. The maximum Gasteiger partial charge on any atom is 0.322 e. The lowest BCUT2D eigenvalue weighted by atomic mass is 10.3. The van der Waals surface area contributed by atoms with Gasteiger partial charge in [0.05, 0.1) is 18.6 Å². The Hall–Kier alpha value is -2.02. The quantitative estimate of drug-likeness (QED) is 0.843. The summed E-state index contributed by atoms with van der Waals surface area (Å²) >= 11 is 1.41. The van der Waals surface area contributed by atoms with Crippen molar-refractivity contribution >= 4 is 17.7 Å². The van der Waals surface area contributed by atoms with E-state index in [0.717, 1.165) is 17.2 Å². The molecule has 0 atom stereocenters. The normalized spacial score (nSPS) is 10.2. The third kappa shape index (κ3) is 4.22. The van der Waals surface area contributed by atoms with Crippen LogP contribution in [-0.2, 0) is 0 Å². The molecule has 0 saturated carbocycles. The molecule has 1 aromatic heterocycles. The SMILES string of the molecule is CCNc1nc(OCC)nc(Sc2ccccc2OC)n1. The second-order valence-corrected chi connectivity index (χ2v) is 4.95. The molecule has 0 bridgehead atoms. The average Bonchev–Trinajstić information content (AvgIpc) is 2.48. The molecule has 7 heteroatoms. The Labute approximate surface area is 128 Å². The van der Waals surface area contributed by atoms with E-state index in [-0.39, 0.29) is 0 Å². The molecule has 1 N–H and O–H groups in total. The van der Waals surface area contributed by atoms with Crippen molar-refractivity contribution in [2.24, 2.45) is 0 Å². The Morgan fingerprint density at radius 3 is 2.67 bits per heavy atom. The number of rotatable bonds is 7. The minimum Gasteiger partial charge on any atom is -0.496 e. The van der Waals surface area contributed by atoms with Gasteiger partial charge in [-0.1, -0.05) is 12.1 Å². The summed E-state index contributed by atoms with van der Waals surface area (Å²) in [5.41, 5.74) is 0. The maximum absolute atomic E-state index is 5.38. The summed E-state index contributed by atoms with van der Waals surface area (Å²) in [6, 6.07) is 8.05. The molecule has 112 valence electrons. The highest BCUT2D eigenvalue weighted by atomic mass is 32.2. The van der Waals surface area contributed by atoms with Gasteiger partial charge < -0.3 is 14.8 Å². The van der Waals surface area contributed by atoms with Gasteiger partial charge in [-0.2, -0.15) is 15.0 Å². The highest BCUT2D eigenvalue weighted by Gasteiger charge is 2.11. The molecular weight excluding hydrogens is 288 g/mol. The van der Waals surface area contributed by atoms with Gasteiger partial charge in [0, 0.05) is 6.54 Å². The third-order valence-corrected chi connectivity index (χ3v) is 3.40. The second kappa shape index (κ2) is 7.68. The third-order valence-electron chi connectivity index (χ3n) is 2.47. The number of aromatic nitrogens is 3. The molecule has 0 saturated heterocycles. The van der Waals surface area contributed by atoms with Crippen molar-refractivity contribution in [3.05, 3.63) is 24.3 Å². The van der Waals surface area contributed by atoms with Crippen molar-refractivity contribution < 1.29 is 9.47 Å². The van der Waals surface area contributed by atoms with Crippen molar-refractivity contribution in [1.29, 1.82) is 0 Å². The molecule has 0 aliphatic carbocycles. The standard InChI is InChI=1S/C14H18N4O2S/c1-4-15-12-16-13(20-5-2)18-14(17-12)21-11-9-7-6-8-10(11)19-3/h6-9H,4-5H2,1-3H3,(H,15,16,17,18). The Morgan fingerprint density at radius 2 is 1.95 bits per heavy atom. The number of hydrogen-bond acceptors (Lipinski definition) is 7. The van der Waals surface area contributed by atoms with Crippen LogP contribution in [0.25, 0.3) is 0 Å². The van der Waals surface area contributed by atoms with Crippen LogP contribution in [0, 0.1) is 0 Å². The first-order valence-corrected chi connectivity index (χ1v) is 7.52. The fourth-order valence-electron chi connectivity index (χ4n) is 1.62. The molecule has 0 fully saturated rings. The van der Waals surface area contributed by atoms with Crippen molar-refractivity contribution in [3.63, 3.8) is 0 Å². The molecule has 2 rings (SSSR count). The summed E-state index contributed by atoms with van der Waals surface area (Å²) in [5, 5.41) is 3.64. The first kappa shape index (κ1) is 15.4. The van der Waals surface area contributed by atoms with Gasteiger partial charge in [-0.15, -0.1) is 0 Å². The minimum absolute atomic E-state index is 0.320. The van der Waals surface area contributed by atoms with Crippen LogP contribution in [0.4, 0.5) is 5.95 Å². The van der Waals surface area contributed by atoms with Crippen LogP contribution in [0.3, 0.4) is 0 Å². The molecule has 0 unspecified atom stereocenters. The predicted octanol–water partition coefficient (Wildman–Crippen LogP) is 2.86. The number of anilines is 1. The fraction of sp³-hybridized carbons (Fsp3) is 0.357. The summed E-state index contributed by atoms with van der Waals surface area (Å²) in [7, 11) is 1.64. The molecule has 2 aromatic rings. The van der Waals surface area contributed by atoms with Crippen molar-refractivity contribution in [2.75, 3.05) is 25.6 Å². The zero-order chi connectivity index (χ0) is 15.1. The summed E-state index contributed by atoms with van der Waals surface area (Å²) in [5.74, 6) is 1.29. The van der Waals surface area contributed by atoms with Gasteiger partial charge in [0.1, 0.15) is 5.75 Å². The second-order valence-electron chi connectivity index (χ2n) is 3.94. The Kier molecular flexibility index (Phi) is 5.62. The van der Waals surface area contributed by atoms with E-state index in [1.54, 1.807) is 7.11 Å². The lowest BCUT2D eigenvalue weighted by Gasteiger charge is -2.09. The van der Waals surface area contributed by atoms with E-state index in [2.05, 4.69) is 20.3 Å². The number of methoxy groups -OCH3 is 1. The van der Waals surface area contributed by atoms with Gasteiger partial charge in [-0.25, -0.2) is 0 Å². The number of nitrogens with zero attached hydrogens (tertiary/aromatic N) is 3. The van der Waals surface area contributed by atoms with Gasteiger partial charge in [-0.05, 0) is 37.7 Å². The first-order chi connectivity index (χ1) is 10.3. The Bertz CT molecular complexity index is 571. The summed E-state index contributed by atoms with van der Waals surface area (Å²) in [6.07, 6.45) is 0. The zero-order valence-electron chi connectivity index (χ0n) is 12.3. The largest absolute Gasteiger partial charge is 0.496 e. The van der Waals surface area contributed by atoms with E-state index in [4.69, 9.17) is 9.47 Å². The van der Waals surface area contributed by atoms with E-state index in [0.29, 0.717) is 23.7 Å². The van der Waals surface area contributed by atoms with E-state index in [9.17, 15) is 0 Å². The lowest BCUT2D eigenvalue weighted by Crippen LogP contribution is -2.07. The molecule has 6 nitrogen and oxygen atoms in total. The van der Waals surface area contributed by atoms with Crippen LogP contribution in [0.2, 0.25) is 0 Å². The fourth-order valence-corrected chi connectivity index (χ4v) is 2.47. The van der Waals surface area contributed by atoms with E-state index < -0.39 is 0 Å². The number of hydrogen-bond donors (Lipinski definition) is 1. The van der Waals surface area contributed by atoms with Gasteiger partial charge in [0.2, 0.25) is 11.1 Å². The molecule has 1 aromatic carbocycles. The van der Waals surface area contributed by atoms with Crippen LogP contribution in [0.5, 0.6) is 11.8 Å². The molecule has 1 heterocycles. The summed E-state index contributed by atoms with van der Waals surface area (Å²) < 4.78 is 10.7. The maximum atomic E-state index is 5.38. The average molecular weight is 306 g/mol. The van der Waals surface area contributed by atoms with Gasteiger partial charge >= 0.3 is 6.01 Å². The number of nitrogens with one attached hydrogen (secondary N) is 1. The smallest absolute Gasteiger partial charge is 0.322 e. The van der Waals surface area contributed by atoms with Crippen molar-refractivity contribution in [3.8, 4) is 11.8 Å². The van der Waals surface area contributed by atoms with Gasteiger partial charge in [0.25, 0.3) is 0 Å². The van der Waals surface area contributed by atoms with E-state index in [1.165, 1.54) is 11.8 Å². The first-order valence-electron chi connectivity index (χ1n) is 6.70. The molecule has 0 aliphatic rings. The summed E-state index contributed by atoms with van der Waals surface area (Å²) in [4.78, 5) is 13.8. The van der Waals surface area contributed by atoms with Gasteiger partial charge in [-0.3, -0.25) is 0 Å². The van der Waals surface area contributed by atoms with Crippen LogP contribution in [0.1, 0.15) is 13.8 Å². The van der Waals surface area contributed by atoms with E-state index >= 15 is 0 Å². The molecule has 0 radical (unpaired) electrons. The number of para-hydroxylation sites is 1. The van der Waals surface area contributed by atoms with Gasteiger partial charge in [0.15, 0.2) is 0 Å². The minimum atomic E-state index is 0.320. The highest BCUT2D eigenvalue weighted by molar-refractivity contribution is 7.99. The van der Waals surface area contributed by atoms with Crippen LogP contribution < -0.4 is 14.8 Å².